The number of nitrogens with zero attached hydrogens (tertiary/aromatic N) is 5. The first-order chi connectivity index (χ1) is 21.7. The van der Waals surface area contributed by atoms with Crippen LogP contribution in [0.5, 0.6) is 0 Å². The van der Waals surface area contributed by atoms with Gasteiger partial charge in [0.1, 0.15) is 6.04 Å². The average Bonchev–Trinajstić information content (AvgIpc) is 3.63. The summed E-state index contributed by atoms with van der Waals surface area (Å²) in [5, 5.41) is 9.01. The second kappa shape index (κ2) is 11.2. The number of carbonyl (C=O) groups is 4. The summed E-state index contributed by atoms with van der Waals surface area (Å²) in [5.41, 5.74) is 2.82. The number of benzene rings is 2. The molecule has 234 valence electrons. The van der Waals surface area contributed by atoms with E-state index >= 15 is 0 Å². The highest BCUT2D eigenvalue weighted by Gasteiger charge is 2.44. The van der Waals surface area contributed by atoms with Crippen LogP contribution in [0.4, 0.5) is 5.69 Å². The van der Waals surface area contributed by atoms with Gasteiger partial charge in [-0.2, -0.15) is 5.10 Å². The van der Waals surface area contributed by atoms with Gasteiger partial charge in [-0.1, -0.05) is 37.5 Å². The molecular formula is C35H40N6O4. The highest BCUT2D eigenvalue weighted by Crippen LogP contribution is 2.42. The Hall–Kier alpha value is -4.34. The Labute approximate surface area is 262 Å². The van der Waals surface area contributed by atoms with Crippen molar-refractivity contribution in [1.29, 1.82) is 0 Å². The van der Waals surface area contributed by atoms with Crippen LogP contribution in [0.2, 0.25) is 0 Å². The number of piperidine rings is 2. The number of aliphatic imine (C=N–C) groups is 1. The molecule has 0 bridgehead atoms. The Bertz CT molecular complexity index is 1730. The molecule has 1 N–H and O–H groups in total. The number of hydrogen-bond acceptors (Lipinski definition) is 6. The minimum atomic E-state index is -0.703. The van der Waals surface area contributed by atoms with Crippen molar-refractivity contribution in [3.05, 3.63) is 59.4 Å². The number of amides is 4. The van der Waals surface area contributed by atoms with Crippen molar-refractivity contribution in [3.63, 3.8) is 0 Å². The monoisotopic (exact) mass is 608 g/mol. The smallest absolute Gasteiger partial charge is 0.259 e. The number of likely N-dealkylation sites (tertiary alicyclic amines) is 1. The van der Waals surface area contributed by atoms with E-state index in [4.69, 9.17) is 5.10 Å². The number of nitrogens with one attached hydrogen (secondary N) is 1. The summed E-state index contributed by atoms with van der Waals surface area (Å²) in [6, 6.07) is 8.98. The lowest BCUT2D eigenvalue weighted by atomic mass is 9.73. The van der Waals surface area contributed by atoms with Gasteiger partial charge in [0.05, 0.1) is 22.8 Å². The van der Waals surface area contributed by atoms with E-state index in [0.717, 1.165) is 60.4 Å². The summed E-state index contributed by atoms with van der Waals surface area (Å²) in [5.74, 6) is -0.699. The molecule has 2 aromatic carbocycles. The number of hydrogen-bond donors (Lipinski definition) is 1. The minimum absolute atomic E-state index is 0.190. The van der Waals surface area contributed by atoms with E-state index in [0.29, 0.717) is 37.2 Å². The van der Waals surface area contributed by atoms with E-state index in [-0.39, 0.29) is 29.7 Å². The van der Waals surface area contributed by atoms with Crippen LogP contribution in [0.1, 0.15) is 86.2 Å². The van der Waals surface area contributed by atoms with Crippen LogP contribution in [0.15, 0.2) is 47.7 Å². The van der Waals surface area contributed by atoms with Gasteiger partial charge in [-0.15, -0.1) is 0 Å². The summed E-state index contributed by atoms with van der Waals surface area (Å²) in [6.07, 6.45) is 13.9. The zero-order valence-corrected chi connectivity index (χ0v) is 26.1. The zero-order valence-electron chi connectivity index (χ0n) is 26.1. The molecule has 1 atom stereocenters. The molecule has 0 radical (unpaired) electrons. The Morgan fingerprint density at radius 2 is 1.84 bits per heavy atom. The highest BCUT2D eigenvalue weighted by molar-refractivity contribution is 6.27. The summed E-state index contributed by atoms with van der Waals surface area (Å²) >= 11 is 0. The van der Waals surface area contributed by atoms with Gasteiger partial charge in [-0.05, 0) is 67.7 Å². The summed E-state index contributed by atoms with van der Waals surface area (Å²) < 4.78 is 2.07. The molecule has 10 heteroatoms. The van der Waals surface area contributed by atoms with Gasteiger partial charge >= 0.3 is 0 Å². The minimum Gasteiger partial charge on any atom is -0.342 e. The third-order valence-electron chi connectivity index (χ3n) is 10.6. The van der Waals surface area contributed by atoms with Crippen LogP contribution in [-0.4, -0.2) is 70.7 Å². The van der Waals surface area contributed by atoms with Crippen molar-refractivity contribution in [2.45, 2.75) is 82.7 Å². The van der Waals surface area contributed by atoms with E-state index in [1.807, 2.05) is 47.6 Å². The van der Waals surface area contributed by atoms with Crippen molar-refractivity contribution in [2.75, 3.05) is 25.0 Å². The number of imide groups is 1. The molecule has 45 heavy (non-hydrogen) atoms. The predicted octanol–water partition coefficient (Wildman–Crippen LogP) is 4.38. The van der Waals surface area contributed by atoms with Gasteiger partial charge in [0.2, 0.25) is 17.7 Å². The second-order valence-electron chi connectivity index (χ2n) is 13.5. The topological polar surface area (TPSA) is 117 Å². The summed E-state index contributed by atoms with van der Waals surface area (Å²) in [4.78, 5) is 59.5. The predicted molar refractivity (Wildman–Crippen MR) is 171 cm³/mol. The lowest BCUT2D eigenvalue weighted by molar-refractivity contribution is -0.141. The standard InChI is InChI=1S/C35H40N6O4/c1-34(15-17-39(18-16-34)33(45)35(22-36-2)13-4-3-5-14-35)40-21-23(20-37-40)19-24-9-10-27-30-25(24)7-6-8-26(30)32(44)41(27)28-11-12-29(42)38-31(28)43/h6-10,20-22,28H,3-5,11-19H2,1-2H3,(H,38,42,43)/b36-22-. The van der Waals surface area contributed by atoms with E-state index in [1.165, 1.54) is 6.42 Å². The van der Waals surface area contributed by atoms with E-state index in [1.54, 1.807) is 11.9 Å². The molecule has 1 aliphatic carbocycles. The van der Waals surface area contributed by atoms with Gasteiger partial charge in [-0.3, -0.25) is 39.1 Å². The van der Waals surface area contributed by atoms with Crippen LogP contribution < -0.4 is 10.2 Å². The first-order valence-electron chi connectivity index (χ1n) is 16.2. The molecule has 4 heterocycles. The molecule has 0 spiro atoms. The third kappa shape index (κ3) is 4.94. The largest absolute Gasteiger partial charge is 0.342 e. The first-order valence-corrected chi connectivity index (χ1v) is 16.2. The van der Waals surface area contributed by atoms with Crippen molar-refractivity contribution in [3.8, 4) is 0 Å². The van der Waals surface area contributed by atoms with Gasteiger partial charge in [0, 0.05) is 56.3 Å². The van der Waals surface area contributed by atoms with Crippen LogP contribution in [-0.2, 0) is 26.3 Å². The van der Waals surface area contributed by atoms with Crippen LogP contribution in [0.3, 0.4) is 0 Å². The van der Waals surface area contributed by atoms with Gasteiger partial charge in [0.25, 0.3) is 5.91 Å². The molecule has 4 aliphatic rings. The SMILES string of the molecule is C/N=C\C1(C(=O)N2CCC(C)(n3cc(Cc4ccc5c6c(cccc46)C(=O)N5C4CCC(=O)NC4=O)cn3)CC2)CCCCC1. The molecule has 7 rings (SSSR count). The third-order valence-corrected chi connectivity index (χ3v) is 10.6. The Kier molecular flexibility index (Phi) is 7.33. The summed E-state index contributed by atoms with van der Waals surface area (Å²) in [7, 11) is 1.77. The molecule has 10 nitrogen and oxygen atoms in total. The first kappa shape index (κ1) is 29.4. The normalized spacial score (nSPS) is 22.8. The quantitative estimate of drug-likeness (QED) is 0.329. The van der Waals surface area contributed by atoms with Gasteiger partial charge in [-0.25, -0.2) is 0 Å². The lowest BCUT2D eigenvalue weighted by Gasteiger charge is -2.43. The number of carbonyl (C=O) groups excluding carboxylic acids is 4. The zero-order chi connectivity index (χ0) is 31.3. The fraction of sp³-hybridized carbons (Fsp3) is 0.486. The molecule has 3 aromatic rings. The molecule has 2 saturated heterocycles. The molecule has 4 amide bonds. The molecule has 1 saturated carbocycles. The molecule has 1 aromatic heterocycles. The summed E-state index contributed by atoms with van der Waals surface area (Å²) in [6.45, 7) is 3.64. The maximum Gasteiger partial charge on any atom is 0.259 e. The molecular weight excluding hydrogens is 568 g/mol. The van der Waals surface area contributed by atoms with Crippen molar-refractivity contribution in [1.82, 2.24) is 20.0 Å². The fourth-order valence-electron chi connectivity index (χ4n) is 7.99. The number of anilines is 1. The van der Waals surface area contributed by atoms with E-state index < -0.39 is 17.4 Å². The Morgan fingerprint density at radius 1 is 1.07 bits per heavy atom. The van der Waals surface area contributed by atoms with Gasteiger partial charge < -0.3 is 4.90 Å². The lowest BCUT2D eigenvalue weighted by Crippen LogP contribution is -2.53. The van der Waals surface area contributed by atoms with E-state index in [9.17, 15) is 19.2 Å². The average molecular weight is 609 g/mol. The Morgan fingerprint density at radius 3 is 2.58 bits per heavy atom. The van der Waals surface area contributed by atoms with Crippen LogP contribution >= 0.6 is 0 Å². The molecule has 3 fully saturated rings. The van der Waals surface area contributed by atoms with Crippen molar-refractivity contribution >= 4 is 46.3 Å². The Balaban J connectivity index is 1.08. The van der Waals surface area contributed by atoms with Crippen molar-refractivity contribution in [2.24, 2.45) is 10.4 Å². The van der Waals surface area contributed by atoms with Crippen LogP contribution in [0, 0.1) is 5.41 Å². The second-order valence-corrected chi connectivity index (χ2v) is 13.5. The van der Waals surface area contributed by atoms with Crippen LogP contribution in [0.25, 0.3) is 10.8 Å². The maximum atomic E-state index is 13.7. The van der Waals surface area contributed by atoms with Gasteiger partial charge in [0.15, 0.2) is 0 Å². The van der Waals surface area contributed by atoms with E-state index in [2.05, 4.69) is 28.1 Å². The van der Waals surface area contributed by atoms with Crippen molar-refractivity contribution < 1.29 is 19.2 Å². The fourth-order valence-corrected chi connectivity index (χ4v) is 7.99. The molecule has 1 unspecified atom stereocenters. The number of aromatic nitrogens is 2. The number of rotatable bonds is 6. The maximum absolute atomic E-state index is 13.7. The highest BCUT2D eigenvalue weighted by atomic mass is 16.2. The molecule has 3 aliphatic heterocycles.